The van der Waals surface area contributed by atoms with E-state index in [0.717, 1.165) is 0 Å². The van der Waals surface area contributed by atoms with E-state index in [2.05, 4.69) is 5.16 Å². The van der Waals surface area contributed by atoms with Crippen LogP contribution in [0.4, 0.5) is 4.39 Å². The topological polar surface area (TPSA) is 35.3 Å². The summed E-state index contributed by atoms with van der Waals surface area (Å²) in [4.78, 5) is 0. The first-order valence-electron chi connectivity index (χ1n) is 4.60. The molecule has 0 aliphatic carbocycles. The molecule has 0 fully saturated rings. The van der Waals surface area contributed by atoms with E-state index in [1.165, 1.54) is 25.3 Å². The molecule has 0 radical (unpaired) electrons. The monoisotopic (exact) mass is 241 g/mol. The Balaban J connectivity index is 2.49. The Kier molecular flexibility index (Phi) is 3.10. The predicted molar refractivity (Wildman–Crippen MR) is 58.0 cm³/mol. The van der Waals surface area contributed by atoms with Gasteiger partial charge in [0.25, 0.3) is 0 Å². The molecular weight excluding hydrogens is 233 g/mol. The first kappa shape index (κ1) is 11.0. The molecule has 2 rings (SSSR count). The highest BCUT2D eigenvalue weighted by atomic mass is 35.5. The van der Waals surface area contributed by atoms with Crippen LogP contribution in [0.15, 0.2) is 28.8 Å². The van der Waals surface area contributed by atoms with Gasteiger partial charge in [0, 0.05) is 6.07 Å². The number of rotatable bonds is 3. The van der Waals surface area contributed by atoms with Crippen LogP contribution in [0.25, 0.3) is 11.3 Å². The summed E-state index contributed by atoms with van der Waals surface area (Å²) >= 11 is 5.60. The van der Waals surface area contributed by atoms with Crippen LogP contribution in [-0.2, 0) is 5.88 Å². The quantitative estimate of drug-likeness (QED) is 0.774. The van der Waals surface area contributed by atoms with Crippen molar-refractivity contribution in [2.24, 2.45) is 0 Å². The Morgan fingerprint density at radius 3 is 2.88 bits per heavy atom. The van der Waals surface area contributed by atoms with Crippen molar-refractivity contribution < 1.29 is 13.7 Å². The fourth-order valence-electron chi connectivity index (χ4n) is 1.37. The Bertz CT molecular complexity index is 498. The summed E-state index contributed by atoms with van der Waals surface area (Å²) in [6.45, 7) is 0. The fourth-order valence-corrected chi connectivity index (χ4v) is 1.50. The number of alkyl halides is 1. The molecule has 0 saturated heterocycles. The van der Waals surface area contributed by atoms with Crippen molar-refractivity contribution in [1.29, 1.82) is 0 Å². The van der Waals surface area contributed by atoms with Gasteiger partial charge in [0.05, 0.1) is 24.2 Å². The highest BCUT2D eigenvalue weighted by molar-refractivity contribution is 6.16. The van der Waals surface area contributed by atoms with Gasteiger partial charge < -0.3 is 9.26 Å². The second kappa shape index (κ2) is 4.53. The zero-order valence-corrected chi connectivity index (χ0v) is 9.29. The first-order valence-corrected chi connectivity index (χ1v) is 5.13. The standard InChI is InChI=1S/C11H9ClFNO2/c1-15-10-3-2-7(13)4-9(10)11-5-8(6-12)14-16-11/h2-5H,6H2,1H3. The third-order valence-electron chi connectivity index (χ3n) is 2.12. The lowest BCUT2D eigenvalue weighted by Gasteiger charge is -2.04. The SMILES string of the molecule is COc1ccc(F)cc1-c1cc(CCl)no1. The number of halogens is 2. The van der Waals surface area contributed by atoms with E-state index in [1.54, 1.807) is 6.07 Å². The van der Waals surface area contributed by atoms with Crippen molar-refractivity contribution in [2.45, 2.75) is 5.88 Å². The van der Waals surface area contributed by atoms with Crippen LogP contribution in [-0.4, -0.2) is 12.3 Å². The van der Waals surface area contributed by atoms with Crippen molar-refractivity contribution in [2.75, 3.05) is 7.11 Å². The van der Waals surface area contributed by atoms with E-state index in [0.29, 0.717) is 22.8 Å². The third-order valence-corrected chi connectivity index (χ3v) is 2.40. The second-order valence-corrected chi connectivity index (χ2v) is 3.43. The van der Waals surface area contributed by atoms with Crippen LogP contribution in [0.2, 0.25) is 0 Å². The van der Waals surface area contributed by atoms with Crippen LogP contribution in [0.1, 0.15) is 5.69 Å². The molecule has 5 heteroatoms. The first-order chi connectivity index (χ1) is 7.74. The number of methoxy groups -OCH3 is 1. The summed E-state index contributed by atoms with van der Waals surface area (Å²) in [6, 6.07) is 5.84. The van der Waals surface area contributed by atoms with Crippen LogP contribution in [0.3, 0.4) is 0 Å². The van der Waals surface area contributed by atoms with Crippen LogP contribution in [0.5, 0.6) is 5.75 Å². The summed E-state index contributed by atoms with van der Waals surface area (Å²) in [5.41, 5.74) is 1.12. The molecule has 1 aromatic heterocycles. The van der Waals surface area contributed by atoms with E-state index in [4.69, 9.17) is 20.9 Å². The van der Waals surface area contributed by atoms with E-state index in [1.807, 2.05) is 0 Å². The average Bonchev–Trinajstić information content (AvgIpc) is 2.77. The minimum absolute atomic E-state index is 0.251. The molecule has 2 aromatic rings. The lowest BCUT2D eigenvalue weighted by Crippen LogP contribution is -1.88. The molecular formula is C11H9ClFNO2. The van der Waals surface area contributed by atoms with Gasteiger partial charge in [0.15, 0.2) is 5.76 Å². The minimum Gasteiger partial charge on any atom is -0.496 e. The molecule has 0 amide bonds. The van der Waals surface area contributed by atoms with Gasteiger partial charge in [-0.2, -0.15) is 0 Å². The molecule has 0 spiro atoms. The Morgan fingerprint density at radius 1 is 1.44 bits per heavy atom. The molecule has 0 saturated carbocycles. The summed E-state index contributed by atoms with van der Waals surface area (Å²) in [5, 5.41) is 3.73. The summed E-state index contributed by atoms with van der Waals surface area (Å²) in [6.07, 6.45) is 0. The number of hydrogen-bond donors (Lipinski definition) is 0. The van der Waals surface area contributed by atoms with Crippen molar-refractivity contribution >= 4 is 11.6 Å². The van der Waals surface area contributed by atoms with Crippen molar-refractivity contribution in [3.8, 4) is 17.1 Å². The van der Waals surface area contributed by atoms with Gasteiger partial charge in [-0.05, 0) is 18.2 Å². The molecule has 0 unspecified atom stereocenters. The number of nitrogens with zero attached hydrogens (tertiary/aromatic N) is 1. The number of ether oxygens (including phenoxy) is 1. The summed E-state index contributed by atoms with van der Waals surface area (Å²) < 4.78 is 23.3. The van der Waals surface area contributed by atoms with Crippen molar-refractivity contribution in [1.82, 2.24) is 5.16 Å². The minimum atomic E-state index is -0.361. The fraction of sp³-hybridized carbons (Fsp3) is 0.182. The molecule has 1 heterocycles. The highest BCUT2D eigenvalue weighted by Crippen LogP contribution is 2.31. The lowest BCUT2D eigenvalue weighted by molar-refractivity contribution is 0.403. The maximum Gasteiger partial charge on any atom is 0.170 e. The van der Waals surface area contributed by atoms with Gasteiger partial charge >= 0.3 is 0 Å². The van der Waals surface area contributed by atoms with Gasteiger partial charge in [-0.15, -0.1) is 11.6 Å². The van der Waals surface area contributed by atoms with Gasteiger partial charge in [0.2, 0.25) is 0 Å². The lowest BCUT2D eigenvalue weighted by atomic mass is 10.1. The third kappa shape index (κ3) is 2.02. The summed E-state index contributed by atoms with van der Waals surface area (Å²) in [7, 11) is 1.51. The van der Waals surface area contributed by atoms with Gasteiger partial charge in [-0.1, -0.05) is 5.16 Å². The van der Waals surface area contributed by atoms with Gasteiger partial charge in [-0.3, -0.25) is 0 Å². The smallest absolute Gasteiger partial charge is 0.170 e. The number of hydrogen-bond acceptors (Lipinski definition) is 3. The highest BCUT2D eigenvalue weighted by Gasteiger charge is 2.12. The normalized spacial score (nSPS) is 10.4. The van der Waals surface area contributed by atoms with Crippen LogP contribution in [0, 0.1) is 5.82 Å². The second-order valence-electron chi connectivity index (χ2n) is 3.16. The largest absolute Gasteiger partial charge is 0.496 e. The number of benzene rings is 1. The zero-order valence-electron chi connectivity index (χ0n) is 8.54. The van der Waals surface area contributed by atoms with Gasteiger partial charge in [0.1, 0.15) is 11.6 Å². The zero-order chi connectivity index (χ0) is 11.5. The van der Waals surface area contributed by atoms with E-state index < -0.39 is 0 Å². The maximum absolute atomic E-state index is 13.1. The van der Waals surface area contributed by atoms with Crippen molar-refractivity contribution in [3.05, 3.63) is 35.8 Å². The van der Waals surface area contributed by atoms with E-state index in [9.17, 15) is 4.39 Å². The maximum atomic E-state index is 13.1. The molecule has 0 atom stereocenters. The predicted octanol–water partition coefficient (Wildman–Crippen LogP) is 3.23. The Labute approximate surface area is 96.8 Å². The Morgan fingerprint density at radius 2 is 2.25 bits per heavy atom. The molecule has 0 bridgehead atoms. The van der Waals surface area contributed by atoms with E-state index >= 15 is 0 Å². The molecule has 84 valence electrons. The Hall–Kier alpha value is -1.55. The summed E-state index contributed by atoms with van der Waals surface area (Å²) in [5.74, 6) is 0.853. The van der Waals surface area contributed by atoms with E-state index in [-0.39, 0.29) is 11.7 Å². The van der Waals surface area contributed by atoms with Crippen LogP contribution < -0.4 is 4.74 Å². The van der Waals surface area contributed by atoms with Gasteiger partial charge in [-0.25, -0.2) is 4.39 Å². The molecule has 3 nitrogen and oxygen atoms in total. The molecule has 1 aromatic carbocycles. The number of aromatic nitrogens is 1. The molecule has 0 aliphatic heterocycles. The van der Waals surface area contributed by atoms with Crippen LogP contribution >= 0.6 is 11.6 Å². The van der Waals surface area contributed by atoms with Crippen molar-refractivity contribution in [3.63, 3.8) is 0 Å². The molecule has 0 aliphatic rings. The molecule has 0 N–H and O–H groups in total. The molecule has 16 heavy (non-hydrogen) atoms. The average molecular weight is 242 g/mol.